The molecular weight excluding hydrogens is 453 g/mol. The molecule has 0 bridgehead atoms. The van der Waals surface area contributed by atoms with Crippen molar-refractivity contribution in [1.29, 1.82) is 0 Å². The molecule has 0 unspecified atom stereocenters. The van der Waals surface area contributed by atoms with Gasteiger partial charge >= 0.3 is 0 Å². The first-order chi connectivity index (χ1) is 16.6. The maximum Gasteiger partial charge on any atom is 0.234 e. The van der Waals surface area contributed by atoms with Gasteiger partial charge in [0, 0.05) is 24.2 Å². The van der Waals surface area contributed by atoms with Gasteiger partial charge in [0.05, 0.1) is 11.4 Å². The second-order valence-electron chi connectivity index (χ2n) is 8.25. The molecule has 1 aliphatic rings. The van der Waals surface area contributed by atoms with E-state index in [4.69, 9.17) is 0 Å². The van der Waals surface area contributed by atoms with Crippen molar-refractivity contribution in [3.05, 3.63) is 66.0 Å². The van der Waals surface area contributed by atoms with E-state index in [0.717, 1.165) is 54.9 Å². The van der Waals surface area contributed by atoms with Gasteiger partial charge in [-0.05, 0) is 50.1 Å². The third-order valence-electron chi connectivity index (χ3n) is 5.77. The van der Waals surface area contributed by atoms with Crippen molar-refractivity contribution < 1.29 is 9.18 Å². The first kappa shape index (κ1) is 22.3. The lowest BCUT2D eigenvalue weighted by atomic mass is 10.1. The summed E-state index contributed by atoms with van der Waals surface area (Å²) in [4.78, 5) is 12.6. The van der Waals surface area contributed by atoms with Gasteiger partial charge in [-0.1, -0.05) is 35.9 Å². The minimum Gasteiger partial charge on any atom is -0.323 e. The fourth-order valence-electron chi connectivity index (χ4n) is 3.98. The summed E-state index contributed by atoms with van der Waals surface area (Å²) in [5.41, 5.74) is 2.90. The van der Waals surface area contributed by atoms with E-state index >= 15 is 0 Å². The van der Waals surface area contributed by atoms with Crippen LogP contribution in [0.1, 0.15) is 30.7 Å². The van der Waals surface area contributed by atoms with E-state index in [1.54, 1.807) is 18.5 Å². The zero-order chi connectivity index (χ0) is 23.5. The van der Waals surface area contributed by atoms with Crippen molar-refractivity contribution in [2.45, 2.75) is 44.3 Å². The highest BCUT2D eigenvalue weighted by molar-refractivity contribution is 7.99. The van der Waals surface area contributed by atoms with Crippen LogP contribution in [0.15, 0.2) is 53.9 Å². The lowest BCUT2D eigenvalue weighted by molar-refractivity contribution is -0.113. The van der Waals surface area contributed by atoms with E-state index < -0.39 is 5.82 Å². The lowest BCUT2D eigenvalue weighted by Crippen LogP contribution is -2.15. The lowest BCUT2D eigenvalue weighted by Gasteiger charge is -2.11. The van der Waals surface area contributed by atoms with Crippen molar-refractivity contribution in [3.63, 3.8) is 0 Å². The number of aryl methyl sites for hydroxylation is 2. The molecule has 1 amide bonds. The van der Waals surface area contributed by atoms with Gasteiger partial charge in [0.25, 0.3) is 0 Å². The molecular formula is C24H24FN7OS. The number of aromatic nitrogens is 6. The zero-order valence-corrected chi connectivity index (χ0v) is 19.6. The molecule has 1 N–H and O–H groups in total. The quantitative estimate of drug-likeness (QED) is 0.413. The number of carbonyl (C=O) groups is 1. The summed E-state index contributed by atoms with van der Waals surface area (Å²) in [6.45, 7) is 2.86. The Balaban J connectivity index is 1.29. The molecule has 3 heterocycles. The SMILES string of the molecule is Cc1ccc(-n2cnnc2SCC(=O)Nc2cc(-c3nnc4n3CCCCC4)ccc2F)cc1. The highest BCUT2D eigenvalue weighted by Gasteiger charge is 2.18. The van der Waals surface area contributed by atoms with Crippen molar-refractivity contribution in [1.82, 2.24) is 29.5 Å². The average Bonchev–Trinajstić information content (AvgIpc) is 3.40. The molecule has 2 aromatic heterocycles. The van der Waals surface area contributed by atoms with Gasteiger partial charge in [0.1, 0.15) is 18.0 Å². The van der Waals surface area contributed by atoms with Crippen molar-refractivity contribution in [2.24, 2.45) is 0 Å². The molecule has 34 heavy (non-hydrogen) atoms. The van der Waals surface area contributed by atoms with Crippen molar-refractivity contribution >= 4 is 23.4 Å². The third-order valence-corrected chi connectivity index (χ3v) is 6.71. The Bertz CT molecular complexity index is 1320. The molecule has 0 saturated carbocycles. The number of nitrogens with one attached hydrogen (secondary N) is 1. The van der Waals surface area contributed by atoms with Gasteiger partial charge in [-0.3, -0.25) is 9.36 Å². The van der Waals surface area contributed by atoms with Gasteiger partial charge in [-0.15, -0.1) is 20.4 Å². The summed E-state index contributed by atoms with van der Waals surface area (Å²) in [6.07, 6.45) is 5.81. The predicted octanol–water partition coefficient (Wildman–Crippen LogP) is 4.43. The van der Waals surface area contributed by atoms with E-state index in [9.17, 15) is 9.18 Å². The maximum absolute atomic E-state index is 14.5. The van der Waals surface area contributed by atoms with Crippen LogP contribution in [-0.4, -0.2) is 41.2 Å². The number of hydrogen-bond acceptors (Lipinski definition) is 6. The normalized spacial score (nSPS) is 13.4. The fraction of sp³-hybridized carbons (Fsp3) is 0.292. The standard InChI is InChI=1S/C24H24FN7OS/c1-16-6-9-18(10-7-16)32-15-26-30-24(32)34-14-22(33)27-20-13-17(8-11-19(20)25)23-29-28-21-5-3-2-4-12-31(21)23/h6-11,13,15H,2-5,12,14H2,1H3,(H,27,33). The average molecular weight is 478 g/mol. The number of hydrogen-bond donors (Lipinski definition) is 1. The highest BCUT2D eigenvalue weighted by atomic mass is 32.2. The molecule has 0 fully saturated rings. The molecule has 0 spiro atoms. The number of carbonyl (C=O) groups excluding carboxylic acids is 1. The number of thioether (sulfide) groups is 1. The van der Waals surface area contributed by atoms with E-state index in [2.05, 4.69) is 30.3 Å². The van der Waals surface area contributed by atoms with Gasteiger partial charge in [0.15, 0.2) is 11.0 Å². The van der Waals surface area contributed by atoms with Crippen LogP contribution in [0.4, 0.5) is 10.1 Å². The van der Waals surface area contributed by atoms with Crippen LogP contribution in [0.3, 0.4) is 0 Å². The van der Waals surface area contributed by atoms with Gasteiger partial charge in [-0.2, -0.15) is 0 Å². The van der Waals surface area contributed by atoms with E-state index in [0.29, 0.717) is 11.0 Å². The molecule has 2 aromatic carbocycles. The minimum atomic E-state index is -0.500. The van der Waals surface area contributed by atoms with Crippen LogP contribution in [0, 0.1) is 12.7 Å². The van der Waals surface area contributed by atoms with Gasteiger partial charge in [0.2, 0.25) is 5.91 Å². The molecule has 5 rings (SSSR count). The van der Waals surface area contributed by atoms with Crippen LogP contribution >= 0.6 is 11.8 Å². The first-order valence-corrected chi connectivity index (χ1v) is 12.2. The van der Waals surface area contributed by atoms with Crippen LogP contribution in [0.5, 0.6) is 0 Å². The Labute approximate surface area is 200 Å². The van der Waals surface area contributed by atoms with Crippen LogP contribution < -0.4 is 5.32 Å². The predicted molar refractivity (Wildman–Crippen MR) is 128 cm³/mol. The highest BCUT2D eigenvalue weighted by Crippen LogP contribution is 2.27. The summed E-state index contributed by atoms with van der Waals surface area (Å²) in [5.74, 6) is 0.888. The molecule has 8 nitrogen and oxygen atoms in total. The zero-order valence-electron chi connectivity index (χ0n) is 18.7. The Morgan fingerprint density at radius 3 is 2.79 bits per heavy atom. The Hall–Kier alpha value is -3.53. The Morgan fingerprint density at radius 2 is 1.94 bits per heavy atom. The van der Waals surface area contributed by atoms with Crippen molar-refractivity contribution in [3.8, 4) is 17.1 Å². The van der Waals surface area contributed by atoms with Gasteiger partial charge < -0.3 is 9.88 Å². The summed E-state index contributed by atoms with van der Waals surface area (Å²) in [6, 6.07) is 12.6. The van der Waals surface area contributed by atoms with Crippen molar-refractivity contribution in [2.75, 3.05) is 11.1 Å². The molecule has 0 saturated heterocycles. The molecule has 4 aromatic rings. The number of rotatable bonds is 6. The van der Waals surface area contributed by atoms with E-state index in [1.807, 2.05) is 35.8 Å². The van der Waals surface area contributed by atoms with Crippen LogP contribution in [0.2, 0.25) is 0 Å². The van der Waals surface area contributed by atoms with Crippen LogP contribution in [-0.2, 0) is 17.8 Å². The summed E-state index contributed by atoms with van der Waals surface area (Å²) in [5, 5.41) is 20.0. The second-order valence-corrected chi connectivity index (χ2v) is 9.20. The molecule has 0 atom stereocenters. The number of fused-ring (bicyclic) bond motifs is 1. The number of halogens is 1. The maximum atomic E-state index is 14.5. The molecule has 10 heteroatoms. The summed E-state index contributed by atoms with van der Waals surface area (Å²) < 4.78 is 18.4. The van der Waals surface area contributed by atoms with Crippen LogP contribution in [0.25, 0.3) is 17.1 Å². The molecule has 1 aliphatic heterocycles. The van der Waals surface area contributed by atoms with E-state index in [1.165, 1.54) is 17.8 Å². The molecule has 174 valence electrons. The summed E-state index contributed by atoms with van der Waals surface area (Å²) in [7, 11) is 0. The van der Waals surface area contributed by atoms with E-state index in [-0.39, 0.29) is 17.3 Å². The fourth-order valence-corrected chi connectivity index (χ4v) is 4.71. The molecule has 0 radical (unpaired) electrons. The number of benzene rings is 2. The monoisotopic (exact) mass is 477 g/mol. The summed E-state index contributed by atoms with van der Waals surface area (Å²) >= 11 is 1.24. The number of nitrogens with zero attached hydrogens (tertiary/aromatic N) is 6. The largest absolute Gasteiger partial charge is 0.323 e. The first-order valence-electron chi connectivity index (χ1n) is 11.2. The smallest absolute Gasteiger partial charge is 0.234 e. The Morgan fingerprint density at radius 1 is 1.09 bits per heavy atom. The number of anilines is 1. The number of amides is 1. The minimum absolute atomic E-state index is 0.0640. The molecule has 0 aliphatic carbocycles. The van der Waals surface area contributed by atoms with Gasteiger partial charge in [-0.25, -0.2) is 4.39 Å². The topological polar surface area (TPSA) is 90.5 Å². The second kappa shape index (κ2) is 9.76. The third kappa shape index (κ3) is 4.72. The Kier molecular flexibility index (Phi) is 6.39.